The first kappa shape index (κ1) is 28.1. The smallest absolute Gasteiger partial charge is 0.266 e. The van der Waals surface area contributed by atoms with Crippen molar-refractivity contribution in [1.29, 1.82) is 0 Å². The fourth-order valence-corrected chi connectivity index (χ4v) is 3.65. The lowest BCUT2D eigenvalue weighted by molar-refractivity contribution is -0.476. The van der Waals surface area contributed by atoms with Crippen molar-refractivity contribution in [3.63, 3.8) is 0 Å². The molecule has 2 amide bonds. The van der Waals surface area contributed by atoms with Crippen LogP contribution < -0.4 is 0 Å². The number of nitrogens with zero attached hydrogens (tertiary/aromatic N) is 1. The van der Waals surface area contributed by atoms with Crippen LogP contribution in [0.2, 0.25) is 0 Å². The maximum atomic E-state index is 14.1. The van der Waals surface area contributed by atoms with Crippen LogP contribution >= 0.6 is 0 Å². The van der Waals surface area contributed by atoms with Gasteiger partial charge < -0.3 is 0 Å². The van der Waals surface area contributed by atoms with Gasteiger partial charge in [0.2, 0.25) is 0 Å². The third kappa shape index (κ3) is 4.93. The van der Waals surface area contributed by atoms with Crippen molar-refractivity contribution in [2.45, 2.75) is 23.6 Å². The Hall–Kier alpha value is -3.44. The molecule has 1 aliphatic rings. The summed E-state index contributed by atoms with van der Waals surface area (Å²) < 4.78 is 147. The van der Waals surface area contributed by atoms with Gasteiger partial charge in [0.05, 0.1) is 11.1 Å². The molecule has 0 N–H and O–H groups in total. The van der Waals surface area contributed by atoms with Crippen LogP contribution in [-0.2, 0) is 28.7 Å². The van der Waals surface area contributed by atoms with Gasteiger partial charge in [-0.25, -0.2) is 4.74 Å². The summed E-state index contributed by atoms with van der Waals surface area (Å²) in [5, 5.41) is -7.83. The van der Waals surface area contributed by atoms with Gasteiger partial charge in [0, 0.05) is 0 Å². The first-order valence-electron chi connectivity index (χ1n) is 9.42. The van der Waals surface area contributed by atoms with Crippen molar-refractivity contribution in [3.8, 4) is 0 Å². The molecule has 0 saturated heterocycles. The number of benzene rings is 2. The van der Waals surface area contributed by atoms with Crippen LogP contribution in [0.15, 0.2) is 60.7 Å². The molecule has 2 aromatic rings. The minimum absolute atomic E-state index is 0.0755. The summed E-state index contributed by atoms with van der Waals surface area (Å²) in [6.45, 7) is 0. The largest absolute Gasteiger partial charge is 0.483 e. The van der Waals surface area contributed by atoms with E-state index in [0.717, 1.165) is 0 Å². The monoisotopic (exact) mass is 563 g/mol. The van der Waals surface area contributed by atoms with Gasteiger partial charge in [0.15, 0.2) is 0 Å². The van der Waals surface area contributed by atoms with Crippen LogP contribution in [0.5, 0.6) is 0 Å². The first-order chi connectivity index (χ1) is 16.8. The van der Waals surface area contributed by atoms with Gasteiger partial charge in [-0.3, -0.25) is 9.59 Å². The van der Waals surface area contributed by atoms with Crippen LogP contribution in [-0.4, -0.2) is 48.9 Å². The average molecular weight is 563 g/mol. The molecule has 1 aliphatic heterocycles. The number of carbonyl (C=O) groups excluding carboxylic acids is 2. The van der Waals surface area contributed by atoms with Crippen LogP contribution in [0, 0.1) is 0 Å². The van der Waals surface area contributed by atoms with Crippen LogP contribution in [0.1, 0.15) is 11.1 Å². The standard InChI is InChI=1S/C20H10F9NO6S/c21-17(22,23)18(24,25)35-19(26,27)20(28,29)37(33,34)36-30-15(31)13(11-7-3-1-4-8-11)14(16(30)32)12-9-5-2-6-10-12/h1-10H. The van der Waals surface area contributed by atoms with Gasteiger partial charge in [-0.05, 0) is 11.1 Å². The molecule has 7 nitrogen and oxygen atoms in total. The number of carbonyl (C=O) groups is 2. The number of hydrogen-bond donors (Lipinski definition) is 0. The van der Waals surface area contributed by atoms with Crippen molar-refractivity contribution in [2.75, 3.05) is 0 Å². The molecule has 0 unspecified atom stereocenters. The van der Waals surface area contributed by atoms with E-state index in [-0.39, 0.29) is 11.1 Å². The summed E-state index contributed by atoms with van der Waals surface area (Å²) in [5.41, 5.74) is -1.40. The lowest BCUT2D eigenvalue weighted by Crippen LogP contribution is -2.56. The van der Waals surface area contributed by atoms with E-state index >= 15 is 0 Å². The van der Waals surface area contributed by atoms with Gasteiger partial charge >= 0.3 is 33.8 Å². The molecule has 0 spiro atoms. The third-order valence-electron chi connectivity index (χ3n) is 4.58. The molecule has 200 valence electrons. The number of alkyl halides is 9. The predicted octanol–water partition coefficient (Wildman–Crippen LogP) is 4.58. The van der Waals surface area contributed by atoms with E-state index in [1.165, 1.54) is 60.7 Å². The van der Waals surface area contributed by atoms with Crippen LogP contribution in [0.25, 0.3) is 11.1 Å². The van der Waals surface area contributed by atoms with Crippen LogP contribution in [0.3, 0.4) is 0 Å². The summed E-state index contributed by atoms with van der Waals surface area (Å²) in [6, 6.07) is 13.3. The Labute approximate surface area is 200 Å². The molecule has 0 fully saturated rings. The molecule has 2 aromatic carbocycles. The summed E-state index contributed by atoms with van der Waals surface area (Å²) in [6.07, 6.45) is -20.9. The molecule has 1 heterocycles. The van der Waals surface area contributed by atoms with Gasteiger partial charge in [0.25, 0.3) is 11.8 Å². The van der Waals surface area contributed by atoms with Gasteiger partial charge in [-0.2, -0.15) is 47.9 Å². The van der Waals surface area contributed by atoms with Gasteiger partial charge in [-0.1, -0.05) is 60.7 Å². The molecule has 37 heavy (non-hydrogen) atoms. The van der Waals surface area contributed by atoms with Crippen molar-refractivity contribution >= 4 is 33.1 Å². The molecule has 0 atom stereocenters. The number of rotatable bonds is 8. The minimum Gasteiger partial charge on any atom is -0.266 e. The number of hydrogen-bond acceptors (Lipinski definition) is 6. The van der Waals surface area contributed by atoms with E-state index in [4.69, 9.17) is 0 Å². The molecule has 0 saturated carbocycles. The highest BCUT2D eigenvalue weighted by atomic mass is 32.2. The molecular weight excluding hydrogens is 553 g/mol. The fraction of sp³-hybridized carbons (Fsp3) is 0.200. The summed E-state index contributed by atoms with van der Waals surface area (Å²) >= 11 is 0. The molecule has 3 rings (SSSR count). The number of amides is 2. The Bertz CT molecular complexity index is 1280. The second-order valence-electron chi connectivity index (χ2n) is 7.07. The normalized spacial score (nSPS) is 16.1. The summed E-state index contributed by atoms with van der Waals surface area (Å²) in [4.78, 5) is 25.7. The van der Waals surface area contributed by atoms with Crippen molar-refractivity contribution in [3.05, 3.63) is 71.8 Å². The highest BCUT2D eigenvalue weighted by molar-refractivity contribution is 7.87. The van der Waals surface area contributed by atoms with Gasteiger partial charge in [-0.15, -0.1) is 9.35 Å². The number of halogens is 9. The van der Waals surface area contributed by atoms with E-state index in [1.54, 1.807) is 0 Å². The highest BCUT2D eigenvalue weighted by Crippen LogP contribution is 2.48. The summed E-state index contributed by atoms with van der Waals surface area (Å²) in [5.74, 6) is -3.50. The van der Waals surface area contributed by atoms with E-state index in [0.29, 0.717) is 0 Å². The first-order valence-corrected chi connectivity index (χ1v) is 10.8. The zero-order valence-corrected chi connectivity index (χ0v) is 18.3. The average Bonchev–Trinajstić information content (AvgIpc) is 3.03. The van der Waals surface area contributed by atoms with E-state index in [1.807, 2.05) is 4.74 Å². The maximum absolute atomic E-state index is 14.1. The Balaban J connectivity index is 2.02. The molecule has 0 bridgehead atoms. The van der Waals surface area contributed by atoms with Crippen molar-refractivity contribution < 1.29 is 66.5 Å². The Kier molecular flexibility index (Phi) is 6.95. The molecule has 17 heteroatoms. The van der Waals surface area contributed by atoms with Crippen molar-refractivity contribution in [1.82, 2.24) is 5.06 Å². The quantitative estimate of drug-likeness (QED) is 0.345. The molecule has 0 radical (unpaired) electrons. The predicted molar refractivity (Wildman–Crippen MR) is 104 cm³/mol. The van der Waals surface area contributed by atoms with Crippen LogP contribution in [0.4, 0.5) is 39.5 Å². The Morgan fingerprint density at radius 3 is 1.35 bits per heavy atom. The van der Waals surface area contributed by atoms with E-state index in [9.17, 15) is 57.5 Å². The third-order valence-corrected chi connectivity index (χ3v) is 5.79. The zero-order valence-electron chi connectivity index (χ0n) is 17.5. The number of hydroxylamine groups is 2. The Morgan fingerprint density at radius 1 is 0.622 bits per heavy atom. The second-order valence-corrected chi connectivity index (χ2v) is 8.64. The summed E-state index contributed by atoms with van der Waals surface area (Å²) in [7, 11) is -7.35. The number of imide groups is 1. The zero-order chi connectivity index (χ0) is 28.0. The van der Waals surface area contributed by atoms with E-state index in [2.05, 4.69) is 4.28 Å². The van der Waals surface area contributed by atoms with Gasteiger partial charge in [0.1, 0.15) is 0 Å². The lowest BCUT2D eigenvalue weighted by Gasteiger charge is -2.29. The van der Waals surface area contributed by atoms with E-state index < -0.39 is 61.8 Å². The second kappa shape index (κ2) is 9.14. The molecular formula is C20H10F9NO6S. The fourth-order valence-electron chi connectivity index (χ4n) is 2.89. The molecule has 0 aliphatic carbocycles. The number of ether oxygens (including phenoxy) is 1. The lowest BCUT2D eigenvalue weighted by atomic mass is 9.96. The Morgan fingerprint density at radius 2 is 1.00 bits per heavy atom. The SMILES string of the molecule is O=C1C(c2ccccc2)=C(c2ccccc2)C(=O)N1OS(=O)(=O)C(F)(F)C(F)(F)OC(F)(F)C(F)(F)F. The topological polar surface area (TPSA) is 90.0 Å². The minimum atomic E-state index is -7.35. The highest BCUT2D eigenvalue weighted by Gasteiger charge is 2.76. The van der Waals surface area contributed by atoms with Crippen molar-refractivity contribution in [2.24, 2.45) is 0 Å². The molecule has 0 aromatic heterocycles. The maximum Gasteiger partial charge on any atom is 0.483 e.